The highest BCUT2D eigenvalue weighted by molar-refractivity contribution is 6.34. The zero-order valence-electron chi connectivity index (χ0n) is 9.08. The molecule has 4 heteroatoms. The minimum Gasteiger partial charge on any atom is -0.322 e. The van der Waals surface area contributed by atoms with E-state index in [9.17, 15) is 0 Å². The molecule has 1 aromatic heterocycles. The molecule has 1 aromatic carbocycles. The van der Waals surface area contributed by atoms with Crippen LogP contribution in [0.2, 0.25) is 5.15 Å². The van der Waals surface area contributed by atoms with E-state index in [2.05, 4.69) is 5.10 Å². The molecular weight excluding hydrogens is 210 g/mol. The molecule has 1 heterocycles. The minimum absolute atomic E-state index is 0.392. The van der Waals surface area contributed by atoms with Gasteiger partial charge < -0.3 is 5.73 Å². The summed E-state index contributed by atoms with van der Waals surface area (Å²) in [7, 11) is 1.88. The molecule has 0 unspecified atom stereocenters. The van der Waals surface area contributed by atoms with Crippen molar-refractivity contribution in [2.75, 3.05) is 0 Å². The first-order chi connectivity index (χ1) is 6.91. The van der Waals surface area contributed by atoms with Crippen LogP contribution in [0.3, 0.4) is 0 Å². The smallest absolute Gasteiger partial charge is 0.158 e. The molecule has 0 spiro atoms. The Morgan fingerprint density at radius 3 is 2.67 bits per heavy atom. The van der Waals surface area contributed by atoms with Crippen molar-refractivity contribution in [1.29, 1.82) is 0 Å². The van der Waals surface area contributed by atoms with E-state index in [-0.39, 0.29) is 0 Å². The quantitative estimate of drug-likeness (QED) is 0.807. The highest BCUT2D eigenvalue weighted by Crippen LogP contribution is 2.30. The molecule has 0 aliphatic carbocycles. The van der Waals surface area contributed by atoms with Gasteiger partial charge in [0.25, 0.3) is 0 Å². The van der Waals surface area contributed by atoms with Crippen LogP contribution in [0.5, 0.6) is 0 Å². The van der Waals surface area contributed by atoms with Crippen LogP contribution in [-0.4, -0.2) is 9.78 Å². The monoisotopic (exact) mass is 223 g/mol. The Bertz CT molecular complexity index is 508. The number of aromatic nitrogens is 2. The molecule has 2 aromatic rings. The Kier molecular flexibility index (Phi) is 2.24. The number of nitrogens with zero attached hydrogens (tertiary/aromatic N) is 2. The number of aryl methyl sites for hydroxylation is 1. The molecule has 3 nitrogen and oxygen atoms in total. The van der Waals surface area contributed by atoms with E-state index < -0.39 is 5.54 Å². The third-order valence-electron chi connectivity index (χ3n) is 2.51. The number of hydrogen-bond donors (Lipinski definition) is 1. The molecule has 0 fully saturated rings. The van der Waals surface area contributed by atoms with Crippen molar-refractivity contribution in [3.63, 3.8) is 0 Å². The van der Waals surface area contributed by atoms with Crippen LogP contribution in [0.1, 0.15) is 19.4 Å². The second-order valence-corrected chi connectivity index (χ2v) is 4.70. The number of hydrogen-bond acceptors (Lipinski definition) is 2. The van der Waals surface area contributed by atoms with Gasteiger partial charge in [-0.15, -0.1) is 0 Å². The normalized spacial score (nSPS) is 12.3. The van der Waals surface area contributed by atoms with E-state index in [1.807, 2.05) is 39.1 Å². The number of nitrogens with two attached hydrogens (primary N) is 1. The largest absolute Gasteiger partial charge is 0.322 e. The second-order valence-electron chi connectivity index (χ2n) is 4.34. The first kappa shape index (κ1) is 10.5. The summed E-state index contributed by atoms with van der Waals surface area (Å²) < 4.78 is 1.78. The molecule has 0 saturated carbocycles. The van der Waals surface area contributed by atoms with Crippen molar-refractivity contribution in [2.45, 2.75) is 19.4 Å². The predicted octanol–water partition coefficient (Wildman–Crippen LogP) is 2.42. The Hall–Kier alpha value is -1.06. The third kappa shape index (κ3) is 1.62. The fourth-order valence-electron chi connectivity index (χ4n) is 1.81. The van der Waals surface area contributed by atoms with Crippen molar-refractivity contribution in [3.8, 4) is 0 Å². The van der Waals surface area contributed by atoms with Gasteiger partial charge in [-0.1, -0.05) is 23.7 Å². The number of para-hydroxylation sites is 1. The molecule has 15 heavy (non-hydrogen) atoms. The highest BCUT2D eigenvalue weighted by Gasteiger charge is 2.20. The molecule has 0 bridgehead atoms. The molecule has 0 amide bonds. The van der Waals surface area contributed by atoms with Crippen molar-refractivity contribution >= 4 is 22.5 Å². The van der Waals surface area contributed by atoms with E-state index in [1.165, 1.54) is 0 Å². The number of rotatable bonds is 1. The lowest BCUT2D eigenvalue weighted by atomic mass is 9.94. The number of halogens is 1. The van der Waals surface area contributed by atoms with Crippen LogP contribution in [0.4, 0.5) is 0 Å². The number of benzene rings is 1. The molecule has 80 valence electrons. The molecule has 0 radical (unpaired) electrons. The SMILES string of the molecule is Cn1nc(Cl)c2cccc(C(C)(C)N)c21. The summed E-state index contributed by atoms with van der Waals surface area (Å²) in [6.07, 6.45) is 0. The van der Waals surface area contributed by atoms with E-state index in [0.29, 0.717) is 5.15 Å². The maximum absolute atomic E-state index is 6.12. The predicted molar refractivity (Wildman–Crippen MR) is 62.9 cm³/mol. The lowest BCUT2D eigenvalue weighted by molar-refractivity contribution is 0.555. The molecule has 0 atom stereocenters. The third-order valence-corrected chi connectivity index (χ3v) is 2.79. The molecule has 0 aliphatic rings. The molecule has 2 N–H and O–H groups in total. The topological polar surface area (TPSA) is 43.8 Å². The van der Waals surface area contributed by atoms with Crippen LogP contribution in [0.15, 0.2) is 18.2 Å². The summed E-state index contributed by atoms with van der Waals surface area (Å²) in [6.45, 7) is 3.95. The molecule has 0 aliphatic heterocycles. The van der Waals surface area contributed by atoms with Crippen molar-refractivity contribution in [1.82, 2.24) is 9.78 Å². The minimum atomic E-state index is -0.392. The second kappa shape index (κ2) is 3.22. The average Bonchev–Trinajstić information content (AvgIpc) is 2.41. The average molecular weight is 224 g/mol. The van der Waals surface area contributed by atoms with Gasteiger partial charge in [-0.05, 0) is 25.5 Å². The van der Waals surface area contributed by atoms with Gasteiger partial charge in [-0.3, -0.25) is 4.68 Å². The van der Waals surface area contributed by atoms with Gasteiger partial charge in [0.05, 0.1) is 5.52 Å². The fourth-order valence-corrected chi connectivity index (χ4v) is 2.08. The van der Waals surface area contributed by atoms with Crippen LogP contribution < -0.4 is 5.73 Å². The van der Waals surface area contributed by atoms with Gasteiger partial charge in [-0.25, -0.2) is 0 Å². The Morgan fingerprint density at radius 2 is 2.07 bits per heavy atom. The maximum Gasteiger partial charge on any atom is 0.158 e. The lowest BCUT2D eigenvalue weighted by Gasteiger charge is -2.20. The maximum atomic E-state index is 6.12. The van der Waals surface area contributed by atoms with E-state index in [1.54, 1.807) is 4.68 Å². The van der Waals surface area contributed by atoms with Crippen molar-refractivity contribution < 1.29 is 0 Å². The first-order valence-corrected chi connectivity index (χ1v) is 5.19. The van der Waals surface area contributed by atoms with E-state index in [0.717, 1.165) is 16.5 Å². The summed E-state index contributed by atoms with van der Waals surface area (Å²) in [4.78, 5) is 0. The summed E-state index contributed by atoms with van der Waals surface area (Å²) in [6, 6.07) is 5.93. The standard InChI is InChI=1S/C11H14ClN3/c1-11(2,13)8-6-4-5-7-9(8)15(3)14-10(7)12/h4-6H,13H2,1-3H3. The fraction of sp³-hybridized carbons (Fsp3) is 0.364. The summed E-state index contributed by atoms with van der Waals surface area (Å²) in [5, 5.41) is 5.67. The van der Waals surface area contributed by atoms with E-state index in [4.69, 9.17) is 17.3 Å². The van der Waals surface area contributed by atoms with Crippen LogP contribution in [0, 0.1) is 0 Å². The molecule has 2 rings (SSSR count). The summed E-state index contributed by atoms with van der Waals surface area (Å²) in [5.41, 5.74) is 7.79. The highest BCUT2D eigenvalue weighted by atomic mass is 35.5. The van der Waals surface area contributed by atoms with Crippen molar-refractivity contribution in [2.24, 2.45) is 12.8 Å². The Balaban J connectivity index is 2.87. The van der Waals surface area contributed by atoms with Crippen LogP contribution in [0.25, 0.3) is 10.9 Å². The van der Waals surface area contributed by atoms with Gasteiger partial charge >= 0.3 is 0 Å². The van der Waals surface area contributed by atoms with E-state index >= 15 is 0 Å². The Morgan fingerprint density at radius 1 is 1.40 bits per heavy atom. The zero-order valence-corrected chi connectivity index (χ0v) is 9.84. The Labute approximate surface area is 93.8 Å². The molecule has 0 saturated heterocycles. The van der Waals surface area contributed by atoms with Gasteiger partial charge in [0.2, 0.25) is 0 Å². The zero-order chi connectivity index (χ0) is 11.2. The first-order valence-electron chi connectivity index (χ1n) is 4.82. The van der Waals surface area contributed by atoms with Gasteiger partial charge in [-0.2, -0.15) is 5.10 Å². The van der Waals surface area contributed by atoms with Gasteiger partial charge in [0.1, 0.15) is 0 Å². The number of fused-ring (bicyclic) bond motifs is 1. The summed E-state index contributed by atoms with van der Waals surface area (Å²) in [5.74, 6) is 0. The van der Waals surface area contributed by atoms with Crippen LogP contribution >= 0.6 is 11.6 Å². The summed E-state index contributed by atoms with van der Waals surface area (Å²) >= 11 is 6.03. The van der Waals surface area contributed by atoms with Gasteiger partial charge in [0, 0.05) is 18.0 Å². The van der Waals surface area contributed by atoms with Gasteiger partial charge in [0.15, 0.2) is 5.15 Å². The van der Waals surface area contributed by atoms with Crippen molar-refractivity contribution in [3.05, 3.63) is 28.9 Å². The lowest BCUT2D eigenvalue weighted by Crippen LogP contribution is -2.29. The van der Waals surface area contributed by atoms with Crippen LogP contribution in [-0.2, 0) is 12.6 Å². The molecular formula is C11H14ClN3.